The first kappa shape index (κ1) is 15.0. The number of amides is 1. The van der Waals surface area contributed by atoms with E-state index >= 15 is 0 Å². The largest absolute Gasteiger partial charge is 0.466 e. The van der Waals surface area contributed by atoms with Gasteiger partial charge in [0.25, 0.3) is 5.91 Å². The minimum Gasteiger partial charge on any atom is -0.466 e. The summed E-state index contributed by atoms with van der Waals surface area (Å²) in [4.78, 5) is 25.6. The minimum atomic E-state index is -1.32. The number of hydrogen-bond donors (Lipinski definition) is 1. The second kappa shape index (κ2) is 7.40. The van der Waals surface area contributed by atoms with Crippen LogP contribution in [0.15, 0.2) is 12.3 Å². The van der Waals surface area contributed by atoms with E-state index in [9.17, 15) is 18.4 Å². The lowest BCUT2D eigenvalue weighted by Gasteiger charge is -2.06. The number of carbonyl (C=O) groups excluding carboxylic acids is 2. The quantitative estimate of drug-likeness (QED) is 0.483. The van der Waals surface area contributed by atoms with Crippen molar-refractivity contribution in [2.75, 3.05) is 13.2 Å². The third-order valence-electron chi connectivity index (χ3n) is 2.24. The molecule has 0 aromatic carbocycles. The van der Waals surface area contributed by atoms with Gasteiger partial charge >= 0.3 is 5.97 Å². The van der Waals surface area contributed by atoms with Crippen molar-refractivity contribution >= 4 is 11.9 Å². The number of carbonyl (C=O) groups is 2. The Bertz CT molecular complexity index is 466. The standard InChI is InChI=1S/C12H14F2N2O3/c1-2-19-9(17)4-3-6-16-12(18)8-5-7-15-11(14)10(8)13/h5,7H,2-4,6H2,1H3,(H,16,18). The van der Waals surface area contributed by atoms with Crippen LogP contribution >= 0.6 is 0 Å². The van der Waals surface area contributed by atoms with Crippen LogP contribution in [-0.4, -0.2) is 30.0 Å². The van der Waals surface area contributed by atoms with Crippen molar-refractivity contribution < 1.29 is 23.1 Å². The molecule has 1 aromatic rings. The van der Waals surface area contributed by atoms with Crippen LogP contribution in [0.2, 0.25) is 0 Å². The third-order valence-corrected chi connectivity index (χ3v) is 2.24. The first-order valence-electron chi connectivity index (χ1n) is 5.80. The minimum absolute atomic E-state index is 0.154. The van der Waals surface area contributed by atoms with Gasteiger partial charge in [-0.1, -0.05) is 0 Å². The molecule has 0 bridgehead atoms. The molecule has 104 valence electrons. The van der Waals surface area contributed by atoms with E-state index in [2.05, 4.69) is 10.3 Å². The molecular weight excluding hydrogens is 258 g/mol. The summed E-state index contributed by atoms with van der Waals surface area (Å²) in [6, 6.07) is 1.08. The van der Waals surface area contributed by atoms with Gasteiger partial charge in [-0.25, -0.2) is 9.37 Å². The molecule has 0 radical (unpaired) electrons. The molecule has 1 amide bonds. The number of nitrogens with zero attached hydrogens (tertiary/aromatic N) is 1. The van der Waals surface area contributed by atoms with Crippen LogP contribution in [0.3, 0.4) is 0 Å². The highest BCUT2D eigenvalue weighted by molar-refractivity contribution is 5.94. The van der Waals surface area contributed by atoms with Crippen molar-refractivity contribution in [3.05, 3.63) is 29.6 Å². The van der Waals surface area contributed by atoms with Gasteiger partial charge in [-0.2, -0.15) is 4.39 Å². The smallest absolute Gasteiger partial charge is 0.305 e. The summed E-state index contributed by atoms with van der Waals surface area (Å²) in [7, 11) is 0. The lowest BCUT2D eigenvalue weighted by molar-refractivity contribution is -0.143. The van der Waals surface area contributed by atoms with Crippen molar-refractivity contribution in [1.29, 1.82) is 0 Å². The molecule has 1 N–H and O–H groups in total. The number of rotatable bonds is 6. The molecule has 0 saturated heterocycles. The molecule has 7 heteroatoms. The predicted molar refractivity (Wildman–Crippen MR) is 62.4 cm³/mol. The second-order valence-corrected chi connectivity index (χ2v) is 3.63. The van der Waals surface area contributed by atoms with Crippen LogP contribution in [0.5, 0.6) is 0 Å². The molecule has 1 heterocycles. The van der Waals surface area contributed by atoms with Crippen molar-refractivity contribution in [2.24, 2.45) is 0 Å². The number of hydrogen-bond acceptors (Lipinski definition) is 4. The van der Waals surface area contributed by atoms with Gasteiger partial charge in [0.15, 0.2) is 5.82 Å². The topological polar surface area (TPSA) is 68.3 Å². The Morgan fingerprint density at radius 3 is 2.84 bits per heavy atom. The van der Waals surface area contributed by atoms with Crippen molar-refractivity contribution in [3.63, 3.8) is 0 Å². The lowest BCUT2D eigenvalue weighted by atomic mass is 10.2. The van der Waals surface area contributed by atoms with E-state index in [1.165, 1.54) is 0 Å². The molecule has 1 rings (SSSR count). The maximum atomic E-state index is 13.2. The van der Waals surface area contributed by atoms with Crippen molar-refractivity contribution in [2.45, 2.75) is 19.8 Å². The molecule has 0 fully saturated rings. The number of aromatic nitrogens is 1. The average molecular weight is 272 g/mol. The molecule has 5 nitrogen and oxygen atoms in total. The summed E-state index contributed by atoms with van der Waals surface area (Å²) in [5.74, 6) is -3.72. The van der Waals surface area contributed by atoms with Crippen LogP contribution in [0.1, 0.15) is 30.1 Å². The highest BCUT2D eigenvalue weighted by Gasteiger charge is 2.15. The number of pyridine rings is 1. The molecule has 0 saturated carbocycles. The van der Waals surface area contributed by atoms with E-state index in [1.54, 1.807) is 6.92 Å². The fourth-order valence-corrected chi connectivity index (χ4v) is 1.36. The van der Waals surface area contributed by atoms with Gasteiger partial charge in [0.1, 0.15) is 0 Å². The zero-order chi connectivity index (χ0) is 14.3. The van der Waals surface area contributed by atoms with Crippen LogP contribution in [0.25, 0.3) is 0 Å². The Kier molecular flexibility index (Phi) is 5.84. The van der Waals surface area contributed by atoms with Crippen LogP contribution < -0.4 is 5.32 Å². The Labute approximate surface area is 109 Å². The van der Waals surface area contributed by atoms with Crippen LogP contribution in [0, 0.1) is 11.8 Å². The Balaban J connectivity index is 2.40. The van der Waals surface area contributed by atoms with Gasteiger partial charge in [0.2, 0.25) is 5.95 Å². The zero-order valence-electron chi connectivity index (χ0n) is 10.4. The van der Waals surface area contributed by atoms with Gasteiger partial charge < -0.3 is 10.1 Å². The highest BCUT2D eigenvalue weighted by Crippen LogP contribution is 2.08. The summed E-state index contributed by atoms with van der Waals surface area (Å²) in [6.07, 6.45) is 1.52. The Morgan fingerprint density at radius 2 is 2.16 bits per heavy atom. The first-order chi connectivity index (χ1) is 9.06. The number of nitrogens with one attached hydrogen (secondary N) is 1. The predicted octanol–water partition coefficient (Wildman–Crippen LogP) is 1.43. The molecule has 0 aliphatic heterocycles. The summed E-state index contributed by atoms with van der Waals surface area (Å²) < 4.78 is 30.7. The van der Waals surface area contributed by atoms with E-state index in [0.717, 1.165) is 12.3 Å². The average Bonchev–Trinajstić information content (AvgIpc) is 2.38. The summed E-state index contributed by atoms with van der Waals surface area (Å²) in [6.45, 7) is 2.16. The molecule has 0 spiro atoms. The normalized spacial score (nSPS) is 10.1. The molecule has 1 aromatic heterocycles. The Morgan fingerprint density at radius 1 is 1.42 bits per heavy atom. The van der Waals surface area contributed by atoms with Gasteiger partial charge in [-0.05, 0) is 19.4 Å². The number of halogens is 2. The summed E-state index contributed by atoms with van der Waals surface area (Å²) >= 11 is 0. The summed E-state index contributed by atoms with van der Waals surface area (Å²) in [5, 5.41) is 2.38. The molecule has 0 aliphatic rings. The third kappa shape index (κ3) is 4.61. The van der Waals surface area contributed by atoms with Crippen LogP contribution in [-0.2, 0) is 9.53 Å². The molecule has 0 atom stereocenters. The molecule has 0 aliphatic carbocycles. The monoisotopic (exact) mass is 272 g/mol. The fraction of sp³-hybridized carbons (Fsp3) is 0.417. The lowest BCUT2D eigenvalue weighted by Crippen LogP contribution is -2.26. The van der Waals surface area contributed by atoms with Gasteiger partial charge in [-0.15, -0.1) is 0 Å². The van der Waals surface area contributed by atoms with Crippen molar-refractivity contribution in [3.8, 4) is 0 Å². The van der Waals surface area contributed by atoms with Crippen molar-refractivity contribution in [1.82, 2.24) is 10.3 Å². The SMILES string of the molecule is CCOC(=O)CCCNC(=O)c1ccnc(F)c1F. The van der Waals surface area contributed by atoms with Crippen LogP contribution in [0.4, 0.5) is 8.78 Å². The van der Waals surface area contributed by atoms with E-state index in [0.29, 0.717) is 13.0 Å². The molecule has 19 heavy (non-hydrogen) atoms. The van der Waals surface area contributed by atoms with E-state index in [4.69, 9.17) is 4.74 Å². The van der Waals surface area contributed by atoms with Gasteiger partial charge in [0, 0.05) is 19.2 Å². The van der Waals surface area contributed by atoms with Gasteiger partial charge in [-0.3, -0.25) is 9.59 Å². The van der Waals surface area contributed by atoms with E-state index in [-0.39, 0.29) is 18.9 Å². The van der Waals surface area contributed by atoms with Gasteiger partial charge in [0.05, 0.1) is 12.2 Å². The highest BCUT2D eigenvalue weighted by atomic mass is 19.2. The maximum absolute atomic E-state index is 13.2. The molecule has 0 unspecified atom stereocenters. The summed E-state index contributed by atoms with van der Waals surface area (Å²) in [5.41, 5.74) is -0.413. The number of esters is 1. The zero-order valence-corrected chi connectivity index (χ0v) is 10.4. The fourth-order valence-electron chi connectivity index (χ4n) is 1.36. The second-order valence-electron chi connectivity index (χ2n) is 3.63. The van der Waals surface area contributed by atoms with E-state index < -0.39 is 23.2 Å². The first-order valence-corrected chi connectivity index (χ1v) is 5.80. The maximum Gasteiger partial charge on any atom is 0.305 e. The Hall–Kier alpha value is -2.05. The molecular formula is C12H14F2N2O3. The van der Waals surface area contributed by atoms with E-state index in [1.807, 2.05) is 0 Å². The number of ether oxygens (including phenoxy) is 1.